The van der Waals surface area contributed by atoms with Crippen LogP contribution in [0.5, 0.6) is 0 Å². The predicted molar refractivity (Wildman–Crippen MR) is 101 cm³/mol. The number of allylic oxidation sites excluding steroid dienone is 5. The second-order valence-electron chi connectivity index (χ2n) is 5.48. The van der Waals surface area contributed by atoms with Crippen LogP contribution in [0.1, 0.15) is 83.8 Å². The fourth-order valence-electron chi connectivity index (χ4n) is 4.13. The van der Waals surface area contributed by atoms with Crippen LogP contribution in [0.2, 0.25) is 0 Å². The zero-order valence-electron chi connectivity index (χ0n) is 15.7. The van der Waals surface area contributed by atoms with Gasteiger partial charge < -0.3 is 0 Å². The number of pyridine rings is 1. The average molecular weight is 311 g/mol. The molecule has 0 bridgehead atoms. The van der Waals surface area contributed by atoms with Gasteiger partial charge in [0.1, 0.15) is 0 Å². The summed E-state index contributed by atoms with van der Waals surface area (Å²) in [4.78, 5) is 0. The van der Waals surface area contributed by atoms with E-state index < -0.39 is 0 Å². The second-order valence-corrected chi connectivity index (χ2v) is 5.48. The van der Waals surface area contributed by atoms with Crippen molar-refractivity contribution >= 4 is 11.6 Å². The van der Waals surface area contributed by atoms with Crippen molar-refractivity contribution in [3.05, 3.63) is 52.4 Å². The molecule has 5 rings (SSSR count). The fourth-order valence-corrected chi connectivity index (χ4v) is 4.13. The topological polar surface area (TPSA) is 3.88 Å². The standard InChI is InChI=1S/C16H14N.3C2H6/c1-2-10-5-8-14-12-7-4-11-6-9-15(16(11)12)17(14)13(10)3-1;3*1-2/h1-2,4-5,8,15H,3,6-7,9H2;3*1-2H3/q+1;;;. The first-order valence-corrected chi connectivity index (χ1v) is 9.60. The van der Waals surface area contributed by atoms with Crippen LogP contribution in [0.4, 0.5) is 0 Å². The van der Waals surface area contributed by atoms with Gasteiger partial charge in [0.15, 0.2) is 11.7 Å². The Morgan fingerprint density at radius 1 is 0.957 bits per heavy atom. The first-order valence-electron chi connectivity index (χ1n) is 9.60. The molecule has 1 aromatic rings. The highest BCUT2D eigenvalue weighted by atomic mass is 15.1. The molecule has 1 aliphatic heterocycles. The summed E-state index contributed by atoms with van der Waals surface area (Å²) >= 11 is 0. The molecule has 1 unspecified atom stereocenters. The number of fused-ring (bicyclic) bond motifs is 5. The Morgan fingerprint density at radius 3 is 2.43 bits per heavy atom. The summed E-state index contributed by atoms with van der Waals surface area (Å²) in [5.41, 5.74) is 9.44. The summed E-state index contributed by atoms with van der Waals surface area (Å²) in [6.45, 7) is 12.0. The fraction of sp³-hybridized carbons (Fsp3) is 0.500. The van der Waals surface area contributed by atoms with E-state index in [1.807, 2.05) is 41.5 Å². The number of aromatic nitrogens is 1. The van der Waals surface area contributed by atoms with Crippen LogP contribution in [0, 0.1) is 0 Å². The third-order valence-corrected chi connectivity index (χ3v) is 4.78. The molecule has 1 atom stereocenters. The van der Waals surface area contributed by atoms with Crippen molar-refractivity contribution < 1.29 is 4.57 Å². The van der Waals surface area contributed by atoms with Gasteiger partial charge in [0.25, 0.3) is 0 Å². The van der Waals surface area contributed by atoms with Crippen LogP contribution in [-0.4, -0.2) is 0 Å². The molecular weight excluding hydrogens is 278 g/mol. The van der Waals surface area contributed by atoms with Gasteiger partial charge in [-0.3, -0.25) is 0 Å². The van der Waals surface area contributed by atoms with Crippen molar-refractivity contribution in [2.24, 2.45) is 0 Å². The van der Waals surface area contributed by atoms with Gasteiger partial charge in [0, 0.05) is 29.2 Å². The summed E-state index contributed by atoms with van der Waals surface area (Å²) in [7, 11) is 0. The first-order chi connectivity index (χ1) is 11.4. The minimum absolute atomic E-state index is 0.670. The van der Waals surface area contributed by atoms with E-state index >= 15 is 0 Å². The maximum Gasteiger partial charge on any atom is 0.210 e. The van der Waals surface area contributed by atoms with E-state index in [0.717, 1.165) is 6.42 Å². The molecule has 1 saturated carbocycles. The van der Waals surface area contributed by atoms with Crippen LogP contribution in [-0.2, 0) is 6.42 Å². The first kappa shape index (κ1) is 17.7. The molecule has 1 fully saturated rings. The Hall–Kier alpha value is -1.63. The highest BCUT2D eigenvalue weighted by Crippen LogP contribution is 2.50. The zero-order valence-corrected chi connectivity index (χ0v) is 15.7. The van der Waals surface area contributed by atoms with Crippen molar-refractivity contribution in [2.45, 2.75) is 73.3 Å². The van der Waals surface area contributed by atoms with E-state index in [4.69, 9.17) is 0 Å². The predicted octanol–water partition coefficient (Wildman–Crippen LogP) is 6.05. The number of hydrogen-bond donors (Lipinski definition) is 0. The van der Waals surface area contributed by atoms with E-state index in [9.17, 15) is 0 Å². The van der Waals surface area contributed by atoms with Crippen LogP contribution in [0.25, 0.3) is 11.6 Å². The minimum atomic E-state index is 0.670. The molecule has 0 radical (unpaired) electrons. The van der Waals surface area contributed by atoms with Gasteiger partial charge in [-0.1, -0.05) is 59.8 Å². The van der Waals surface area contributed by atoms with Gasteiger partial charge in [-0.2, -0.15) is 4.57 Å². The van der Waals surface area contributed by atoms with Gasteiger partial charge in [0.05, 0.1) is 6.42 Å². The maximum absolute atomic E-state index is 2.64. The Labute approximate surface area is 142 Å². The molecule has 0 spiro atoms. The quantitative estimate of drug-likeness (QED) is 0.513. The van der Waals surface area contributed by atoms with Crippen LogP contribution in [0.15, 0.2) is 35.4 Å². The molecule has 2 heterocycles. The molecule has 0 amide bonds. The Morgan fingerprint density at radius 2 is 1.70 bits per heavy atom. The number of rotatable bonds is 0. The van der Waals surface area contributed by atoms with E-state index in [0.29, 0.717) is 6.04 Å². The molecule has 1 heteroatoms. The lowest BCUT2D eigenvalue weighted by Crippen LogP contribution is -2.43. The van der Waals surface area contributed by atoms with Crippen LogP contribution in [0.3, 0.4) is 0 Å². The smallest absolute Gasteiger partial charge is 0.188 e. The second kappa shape index (κ2) is 7.77. The normalized spacial score (nSPS) is 20.3. The van der Waals surface area contributed by atoms with Crippen LogP contribution < -0.4 is 4.57 Å². The Balaban J connectivity index is 0.000000291. The van der Waals surface area contributed by atoms with Gasteiger partial charge in [-0.15, -0.1) is 0 Å². The summed E-state index contributed by atoms with van der Waals surface area (Å²) in [6.07, 6.45) is 11.9. The van der Waals surface area contributed by atoms with Crippen molar-refractivity contribution in [1.82, 2.24) is 0 Å². The van der Waals surface area contributed by atoms with Crippen molar-refractivity contribution in [3.8, 4) is 0 Å². The van der Waals surface area contributed by atoms with E-state index in [1.54, 1.807) is 22.4 Å². The van der Waals surface area contributed by atoms with Crippen molar-refractivity contribution in [1.29, 1.82) is 0 Å². The largest absolute Gasteiger partial charge is 0.210 e. The monoisotopic (exact) mass is 310 g/mol. The summed E-state index contributed by atoms with van der Waals surface area (Å²) < 4.78 is 2.64. The van der Waals surface area contributed by atoms with Crippen LogP contribution >= 0.6 is 0 Å². The van der Waals surface area contributed by atoms with E-state index in [1.165, 1.54) is 30.5 Å². The molecule has 0 aromatic carbocycles. The molecule has 1 nitrogen and oxygen atoms in total. The molecule has 124 valence electrons. The lowest BCUT2D eigenvalue weighted by atomic mass is 10.1. The zero-order chi connectivity index (χ0) is 17.0. The third-order valence-electron chi connectivity index (χ3n) is 4.78. The molecule has 0 saturated heterocycles. The van der Waals surface area contributed by atoms with Gasteiger partial charge in [0.2, 0.25) is 5.69 Å². The van der Waals surface area contributed by atoms with E-state index in [2.05, 4.69) is 34.9 Å². The Bertz CT molecular complexity index is 659. The number of nitrogens with zero attached hydrogens (tertiary/aromatic N) is 1. The highest BCUT2D eigenvalue weighted by molar-refractivity contribution is 5.78. The maximum atomic E-state index is 2.64. The highest BCUT2D eigenvalue weighted by Gasteiger charge is 2.47. The van der Waals surface area contributed by atoms with Crippen molar-refractivity contribution in [3.63, 3.8) is 0 Å². The average Bonchev–Trinajstić information content (AvgIpc) is 3.38. The molecular formula is C22H32N+. The van der Waals surface area contributed by atoms with Gasteiger partial charge in [-0.25, -0.2) is 0 Å². The third kappa shape index (κ3) is 2.60. The summed E-state index contributed by atoms with van der Waals surface area (Å²) in [5.74, 6) is 0. The number of hydrogen-bond acceptors (Lipinski definition) is 0. The van der Waals surface area contributed by atoms with Gasteiger partial charge >= 0.3 is 0 Å². The molecule has 3 aliphatic carbocycles. The van der Waals surface area contributed by atoms with E-state index in [-0.39, 0.29) is 0 Å². The lowest BCUT2D eigenvalue weighted by molar-refractivity contribution is -0.716. The summed E-state index contributed by atoms with van der Waals surface area (Å²) in [5, 5.41) is 0. The lowest BCUT2D eigenvalue weighted by Gasteiger charge is -2.08. The molecule has 4 aliphatic rings. The minimum Gasteiger partial charge on any atom is -0.188 e. The van der Waals surface area contributed by atoms with Crippen molar-refractivity contribution in [2.75, 3.05) is 0 Å². The summed E-state index contributed by atoms with van der Waals surface area (Å²) in [6, 6.07) is 5.31. The molecule has 1 aromatic heterocycles. The van der Waals surface area contributed by atoms with Gasteiger partial charge in [-0.05, 0) is 24.5 Å². The molecule has 23 heavy (non-hydrogen) atoms. The Kier molecular flexibility index (Phi) is 5.98. The SMILES string of the molecule is C1=Cc2ccc3[n+](c2C1)C1CCC2=CCC3=C21.CC.CC.CC. The molecule has 0 N–H and O–H groups in total.